The van der Waals surface area contributed by atoms with Gasteiger partial charge in [-0.3, -0.25) is 4.90 Å². The quantitative estimate of drug-likeness (QED) is 0.669. The smallest absolute Gasteiger partial charge is 0.178 e. The van der Waals surface area contributed by atoms with Crippen LogP contribution in [0, 0.1) is 0 Å². The van der Waals surface area contributed by atoms with Gasteiger partial charge in [-0.25, -0.2) is 0 Å². The van der Waals surface area contributed by atoms with Crippen LogP contribution in [0.15, 0.2) is 47.1 Å². The van der Waals surface area contributed by atoms with E-state index in [1.165, 1.54) is 11.6 Å². The number of aromatic nitrogens is 1. The number of aromatic hydroxyl groups is 2. The van der Waals surface area contributed by atoms with Gasteiger partial charge in [0.2, 0.25) is 0 Å². The second-order valence-electron chi connectivity index (χ2n) is 7.74. The Balaban J connectivity index is 1.62. The molecular weight excluding hydrogens is 368 g/mol. The summed E-state index contributed by atoms with van der Waals surface area (Å²) in [6, 6.07) is 11.4. The Labute approximate surface area is 170 Å². The molecule has 0 amide bonds. The van der Waals surface area contributed by atoms with E-state index in [2.05, 4.69) is 22.2 Å². The van der Waals surface area contributed by atoms with Crippen LogP contribution >= 0.6 is 0 Å². The Morgan fingerprint density at radius 2 is 1.72 bits per heavy atom. The van der Waals surface area contributed by atoms with E-state index in [9.17, 15) is 10.2 Å². The van der Waals surface area contributed by atoms with Crippen molar-refractivity contribution in [1.29, 1.82) is 0 Å². The fourth-order valence-corrected chi connectivity index (χ4v) is 3.68. The molecule has 6 heteroatoms. The molecule has 152 valence electrons. The first-order valence-electron chi connectivity index (χ1n) is 9.93. The van der Waals surface area contributed by atoms with Crippen molar-refractivity contribution in [3.05, 3.63) is 53.7 Å². The van der Waals surface area contributed by atoms with Gasteiger partial charge in [0, 0.05) is 31.3 Å². The van der Waals surface area contributed by atoms with Crippen LogP contribution in [0.1, 0.15) is 30.9 Å². The third-order valence-electron chi connectivity index (χ3n) is 5.36. The molecule has 29 heavy (non-hydrogen) atoms. The number of hydrogen-bond donors (Lipinski definition) is 2. The summed E-state index contributed by atoms with van der Waals surface area (Å²) in [6.07, 6.45) is 1.66. The lowest BCUT2D eigenvalue weighted by Crippen LogP contribution is -2.35. The van der Waals surface area contributed by atoms with Crippen LogP contribution in [0.4, 0.5) is 0 Å². The van der Waals surface area contributed by atoms with Crippen molar-refractivity contribution >= 4 is 0 Å². The van der Waals surface area contributed by atoms with Gasteiger partial charge in [0.1, 0.15) is 11.5 Å². The maximum absolute atomic E-state index is 10.4. The van der Waals surface area contributed by atoms with Crippen molar-refractivity contribution in [2.75, 3.05) is 26.3 Å². The van der Waals surface area contributed by atoms with Crippen LogP contribution in [0.25, 0.3) is 22.5 Å². The minimum atomic E-state index is -0.0335. The lowest BCUT2D eigenvalue weighted by atomic mass is 9.95. The summed E-state index contributed by atoms with van der Waals surface area (Å²) in [4.78, 5) is 2.38. The van der Waals surface area contributed by atoms with Crippen molar-refractivity contribution in [1.82, 2.24) is 10.1 Å². The number of nitrogens with zero attached hydrogens (tertiary/aromatic N) is 2. The van der Waals surface area contributed by atoms with Gasteiger partial charge in [0.15, 0.2) is 5.76 Å². The standard InChI is InChI=1S/C23H26N2O4/c1-15(2)18-11-19(22(27)12-21(18)26)23-20(13-24-29-23)17-5-3-16(4-6-17)14-25-7-9-28-10-8-25/h3-6,11-13,15,26-27H,7-10,14H2,1-2H3. The van der Waals surface area contributed by atoms with Gasteiger partial charge in [-0.15, -0.1) is 0 Å². The number of ether oxygens (including phenoxy) is 1. The predicted octanol–water partition coefficient (Wildman–Crippen LogP) is 4.38. The maximum atomic E-state index is 10.4. The SMILES string of the molecule is CC(C)c1cc(-c2oncc2-c2ccc(CN3CCOCC3)cc2)c(O)cc1O. The van der Waals surface area contributed by atoms with Gasteiger partial charge in [-0.2, -0.15) is 0 Å². The Kier molecular flexibility index (Phi) is 5.56. The second kappa shape index (κ2) is 8.27. The number of phenols is 2. The molecule has 1 aliphatic heterocycles. The number of benzene rings is 2. The van der Waals surface area contributed by atoms with Crippen molar-refractivity contribution in [2.24, 2.45) is 0 Å². The molecule has 0 bridgehead atoms. The number of phenolic OH excluding ortho intramolecular Hbond substituents is 2. The highest BCUT2D eigenvalue weighted by molar-refractivity contribution is 5.82. The first-order valence-corrected chi connectivity index (χ1v) is 9.93. The summed E-state index contributed by atoms with van der Waals surface area (Å²) in [5, 5.41) is 24.5. The highest BCUT2D eigenvalue weighted by Crippen LogP contribution is 2.41. The van der Waals surface area contributed by atoms with E-state index >= 15 is 0 Å². The monoisotopic (exact) mass is 394 g/mol. The minimum Gasteiger partial charge on any atom is -0.508 e. The summed E-state index contributed by atoms with van der Waals surface area (Å²) in [7, 11) is 0. The van der Waals surface area contributed by atoms with Crippen molar-refractivity contribution < 1.29 is 19.5 Å². The van der Waals surface area contributed by atoms with Gasteiger partial charge in [-0.1, -0.05) is 43.3 Å². The van der Waals surface area contributed by atoms with E-state index in [0.29, 0.717) is 11.3 Å². The molecule has 0 aliphatic carbocycles. The number of hydrogen-bond acceptors (Lipinski definition) is 6. The van der Waals surface area contributed by atoms with E-state index in [1.54, 1.807) is 12.3 Å². The number of morpholine rings is 1. The molecule has 0 unspecified atom stereocenters. The maximum Gasteiger partial charge on any atom is 0.178 e. The highest BCUT2D eigenvalue weighted by atomic mass is 16.5. The summed E-state index contributed by atoms with van der Waals surface area (Å²) in [6.45, 7) is 8.37. The molecule has 0 spiro atoms. The Morgan fingerprint density at radius 1 is 1.00 bits per heavy atom. The molecule has 4 rings (SSSR count). The van der Waals surface area contributed by atoms with E-state index < -0.39 is 0 Å². The van der Waals surface area contributed by atoms with Crippen LogP contribution in [-0.4, -0.2) is 46.6 Å². The lowest BCUT2D eigenvalue weighted by molar-refractivity contribution is 0.0342. The van der Waals surface area contributed by atoms with Gasteiger partial charge in [-0.05, 0) is 28.7 Å². The molecule has 0 saturated carbocycles. The van der Waals surface area contributed by atoms with E-state index in [1.807, 2.05) is 26.0 Å². The molecule has 2 aromatic carbocycles. The second-order valence-corrected chi connectivity index (χ2v) is 7.74. The molecule has 1 fully saturated rings. The molecular formula is C23H26N2O4. The van der Waals surface area contributed by atoms with E-state index in [-0.39, 0.29) is 17.4 Å². The average Bonchev–Trinajstić information content (AvgIpc) is 3.18. The van der Waals surface area contributed by atoms with E-state index in [4.69, 9.17) is 9.26 Å². The van der Waals surface area contributed by atoms with Crippen LogP contribution in [0.2, 0.25) is 0 Å². The molecule has 0 atom stereocenters. The minimum absolute atomic E-state index is 0.0335. The van der Waals surface area contributed by atoms with Gasteiger partial charge < -0.3 is 19.5 Å². The molecule has 0 radical (unpaired) electrons. The molecule has 2 N–H and O–H groups in total. The molecule has 3 aromatic rings. The van der Waals surface area contributed by atoms with Crippen molar-refractivity contribution in [2.45, 2.75) is 26.3 Å². The van der Waals surface area contributed by atoms with Gasteiger partial charge >= 0.3 is 0 Å². The van der Waals surface area contributed by atoms with Crippen molar-refractivity contribution in [3.63, 3.8) is 0 Å². The first-order chi connectivity index (χ1) is 14.0. The zero-order valence-electron chi connectivity index (χ0n) is 16.8. The molecule has 1 saturated heterocycles. The largest absolute Gasteiger partial charge is 0.508 e. The van der Waals surface area contributed by atoms with Gasteiger partial charge in [0.25, 0.3) is 0 Å². The van der Waals surface area contributed by atoms with Crippen LogP contribution < -0.4 is 0 Å². The summed E-state index contributed by atoms with van der Waals surface area (Å²) in [5.41, 5.74) is 4.28. The van der Waals surface area contributed by atoms with Crippen LogP contribution in [0.3, 0.4) is 0 Å². The summed E-state index contributed by atoms with van der Waals surface area (Å²) < 4.78 is 10.9. The number of rotatable bonds is 5. The molecule has 1 aliphatic rings. The van der Waals surface area contributed by atoms with Crippen molar-refractivity contribution in [3.8, 4) is 33.9 Å². The molecule has 6 nitrogen and oxygen atoms in total. The predicted molar refractivity (Wildman–Crippen MR) is 111 cm³/mol. The topological polar surface area (TPSA) is 79.0 Å². The molecule has 1 aromatic heterocycles. The Hall–Kier alpha value is -2.83. The fourth-order valence-electron chi connectivity index (χ4n) is 3.68. The average molecular weight is 394 g/mol. The highest BCUT2D eigenvalue weighted by Gasteiger charge is 2.20. The Bertz CT molecular complexity index is 973. The van der Waals surface area contributed by atoms with Crippen LogP contribution in [-0.2, 0) is 11.3 Å². The lowest BCUT2D eigenvalue weighted by Gasteiger charge is -2.26. The normalized spacial score (nSPS) is 15.1. The summed E-state index contributed by atoms with van der Waals surface area (Å²) >= 11 is 0. The molecule has 2 heterocycles. The Morgan fingerprint density at radius 3 is 2.41 bits per heavy atom. The zero-order valence-corrected chi connectivity index (χ0v) is 16.8. The summed E-state index contributed by atoms with van der Waals surface area (Å²) in [5.74, 6) is 0.647. The third kappa shape index (κ3) is 4.13. The van der Waals surface area contributed by atoms with E-state index in [0.717, 1.165) is 49.5 Å². The fraction of sp³-hybridized carbons (Fsp3) is 0.348. The third-order valence-corrected chi connectivity index (χ3v) is 5.36. The first kappa shape index (κ1) is 19.5. The van der Waals surface area contributed by atoms with Gasteiger partial charge in [0.05, 0.1) is 25.0 Å². The van der Waals surface area contributed by atoms with Crippen LogP contribution in [0.5, 0.6) is 11.5 Å². The zero-order chi connectivity index (χ0) is 20.4.